The molecule has 2 heterocycles. The number of rotatable bonds is 9. The Morgan fingerprint density at radius 2 is 1.77 bits per heavy atom. The zero-order valence-electron chi connectivity index (χ0n) is 21.8. The molecule has 0 aliphatic carbocycles. The van der Waals surface area contributed by atoms with E-state index in [4.69, 9.17) is 4.74 Å². The maximum absolute atomic E-state index is 14.1. The molecular weight excluding hydrogens is 549 g/mol. The second-order valence-corrected chi connectivity index (χ2v) is 11.4. The highest BCUT2D eigenvalue weighted by atomic mass is 32.2. The fraction of sp³-hybridized carbons (Fsp3) is 0.200. The van der Waals surface area contributed by atoms with Crippen LogP contribution in [0.5, 0.6) is 5.75 Å². The third kappa shape index (κ3) is 5.64. The molecule has 7 nitrogen and oxygen atoms in total. The summed E-state index contributed by atoms with van der Waals surface area (Å²) in [7, 11) is 0. The number of aliphatic hydroxyl groups excluding tert-OH is 1. The molecule has 0 spiro atoms. The van der Waals surface area contributed by atoms with Gasteiger partial charge in [0.15, 0.2) is 4.34 Å². The number of benzene rings is 3. The quantitative estimate of drug-likeness (QED) is 0.0781. The highest BCUT2D eigenvalue weighted by molar-refractivity contribution is 8.00. The molecule has 1 aromatic heterocycles. The van der Waals surface area contributed by atoms with Crippen LogP contribution in [0.1, 0.15) is 41.6 Å². The van der Waals surface area contributed by atoms with Gasteiger partial charge in [-0.1, -0.05) is 90.2 Å². The zero-order chi connectivity index (χ0) is 28.2. The third-order valence-corrected chi connectivity index (χ3v) is 8.45. The fourth-order valence-electron chi connectivity index (χ4n) is 4.29. The van der Waals surface area contributed by atoms with Gasteiger partial charge in [-0.3, -0.25) is 14.5 Å². The summed E-state index contributed by atoms with van der Waals surface area (Å²) in [6, 6.07) is 19.7. The lowest BCUT2D eigenvalue weighted by atomic mass is 9.95. The summed E-state index contributed by atoms with van der Waals surface area (Å²) in [6.45, 7) is 4.49. The average molecular weight is 576 g/mol. The number of hydrogen-bond acceptors (Lipinski definition) is 8. The number of anilines is 1. The number of ketones is 1. The smallest absolute Gasteiger partial charge is 0.301 e. The summed E-state index contributed by atoms with van der Waals surface area (Å²) in [6.07, 6.45) is 0.854. The molecule has 4 aromatic rings. The summed E-state index contributed by atoms with van der Waals surface area (Å²) < 4.78 is 20.3. The molecule has 0 saturated carbocycles. The highest BCUT2D eigenvalue weighted by Crippen LogP contribution is 2.44. The van der Waals surface area contributed by atoms with Gasteiger partial charge in [-0.05, 0) is 42.7 Å². The first kappa shape index (κ1) is 27.5. The van der Waals surface area contributed by atoms with Gasteiger partial charge in [0.05, 0.1) is 18.2 Å². The summed E-state index contributed by atoms with van der Waals surface area (Å²) in [5.41, 5.74) is 2.51. The summed E-state index contributed by atoms with van der Waals surface area (Å²) >= 11 is 2.41. The van der Waals surface area contributed by atoms with Crippen molar-refractivity contribution in [2.75, 3.05) is 11.5 Å². The van der Waals surface area contributed by atoms with E-state index in [1.54, 1.807) is 54.6 Å². The van der Waals surface area contributed by atoms with E-state index >= 15 is 0 Å². The van der Waals surface area contributed by atoms with Gasteiger partial charge in [0.2, 0.25) is 5.13 Å². The molecule has 1 saturated heterocycles. The molecule has 1 atom stereocenters. The standard InChI is InChI=1S/C30H26FN3O4S2/c1-3-16-38-22-14-12-19(13-15-22)25-24(26(35)20-10-8-18(2)9-11-20)27(36)28(37)34(25)29-32-33-30(40-29)39-17-21-6-4-5-7-23(21)31/h4-15,25,35H,3,16-17H2,1-2H3/b26-24-. The molecule has 1 amide bonds. The molecule has 10 heteroatoms. The normalized spacial score (nSPS) is 16.5. The SMILES string of the molecule is CCCOc1ccc(C2/C(=C(/O)c3ccc(C)cc3)C(=O)C(=O)N2c2nnc(SCc3ccccc3F)s2)cc1. The third-order valence-electron chi connectivity index (χ3n) is 6.35. The Hall–Kier alpha value is -4.02. The van der Waals surface area contributed by atoms with Crippen molar-refractivity contribution in [1.82, 2.24) is 10.2 Å². The molecule has 1 aliphatic rings. The van der Waals surface area contributed by atoms with Gasteiger partial charge in [-0.2, -0.15) is 0 Å². The lowest BCUT2D eigenvalue weighted by molar-refractivity contribution is -0.132. The molecule has 1 N–H and O–H groups in total. The lowest BCUT2D eigenvalue weighted by Gasteiger charge is -2.22. The molecule has 0 bridgehead atoms. The minimum Gasteiger partial charge on any atom is -0.507 e. The Morgan fingerprint density at radius 1 is 1.05 bits per heavy atom. The van der Waals surface area contributed by atoms with E-state index in [2.05, 4.69) is 10.2 Å². The van der Waals surface area contributed by atoms with Gasteiger partial charge >= 0.3 is 5.91 Å². The summed E-state index contributed by atoms with van der Waals surface area (Å²) in [5.74, 6) is -1.22. The van der Waals surface area contributed by atoms with Crippen molar-refractivity contribution in [3.63, 3.8) is 0 Å². The number of aryl methyl sites for hydroxylation is 1. The van der Waals surface area contributed by atoms with Crippen molar-refractivity contribution in [3.8, 4) is 5.75 Å². The lowest BCUT2D eigenvalue weighted by Crippen LogP contribution is -2.29. The van der Waals surface area contributed by atoms with E-state index in [0.717, 1.165) is 23.3 Å². The average Bonchev–Trinajstić information content (AvgIpc) is 3.53. The molecule has 40 heavy (non-hydrogen) atoms. The van der Waals surface area contributed by atoms with Crippen LogP contribution in [0, 0.1) is 12.7 Å². The first-order valence-electron chi connectivity index (χ1n) is 12.7. The minimum atomic E-state index is -0.932. The number of aliphatic hydroxyl groups is 1. The topological polar surface area (TPSA) is 92.6 Å². The molecule has 1 unspecified atom stereocenters. The number of amides is 1. The molecule has 3 aromatic carbocycles. The number of carbonyl (C=O) groups excluding carboxylic acids is 2. The minimum absolute atomic E-state index is 0.0353. The Morgan fingerprint density at radius 3 is 2.48 bits per heavy atom. The van der Waals surface area contributed by atoms with Crippen molar-refractivity contribution in [2.45, 2.75) is 36.4 Å². The predicted molar refractivity (Wildman–Crippen MR) is 154 cm³/mol. The number of hydrogen-bond donors (Lipinski definition) is 1. The van der Waals surface area contributed by atoms with E-state index in [1.807, 2.05) is 26.0 Å². The number of nitrogens with zero attached hydrogens (tertiary/aromatic N) is 3. The van der Waals surface area contributed by atoms with Crippen LogP contribution in [0.2, 0.25) is 0 Å². The van der Waals surface area contributed by atoms with Crippen molar-refractivity contribution < 1.29 is 23.8 Å². The van der Waals surface area contributed by atoms with Gasteiger partial charge in [0.25, 0.3) is 5.78 Å². The number of ether oxygens (including phenoxy) is 1. The van der Waals surface area contributed by atoms with Crippen molar-refractivity contribution in [2.24, 2.45) is 0 Å². The van der Waals surface area contributed by atoms with Crippen LogP contribution in [-0.2, 0) is 15.3 Å². The highest BCUT2D eigenvalue weighted by Gasteiger charge is 2.48. The van der Waals surface area contributed by atoms with Crippen LogP contribution in [0.3, 0.4) is 0 Å². The molecule has 5 rings (SSSR count). The van der Waals surface area contributed by atoms with Crippen LogP contribution >= 0.6 is 23.1 Å². The largest absolute Gasteiger partial charge is 0.507 e. The van der Waals surface area contributed by atoms with Crippen LogP contribution in [0.15, 0.2) is 82.7 Å². The number of halogens is 1. The maximum atomic E-state index is 14.1. The van der Waals surface area contributed by atoms with Crippen molar-refractivity contribution in [3.05, 3.63) is 106 Å². The van der Waals surface area contributed by atoms with Gasteiger partial charge in [-0.15, -0.1) is 10.2 Å². The summed E-state index contributed by atoms with van der Waals surface area (Å²) in [5, 5.41) is 19.9. The van der Waals surface area contributed by atoms with E-state index in [0.29, 0.717) is 39.1 Å². The van der Waals surface area contributed by atoms with Crippen LogP contribution < -0.4 is 9.64 Å². The van der Waals surface area contributed by atoms with Crippen LogP contribution in [-0.4, -0.2) is 33.6 Å². The Bertz CT molecular complexity index is 1570. The first-order chi connectivity index (χ1) is 19.4. The van der Waals surface area contributed by atoms with E-state index in [1.165, 1.54) is 22.7 Å². The Labute approximate surface area is 239 Å². The second kappa shape index (κ2) is 12.0. The number of aromatic nitrogens is 2. The predicted octanol–water partition coefficient (Wildman–Crippen LogP) is 6.69. The molecule has 0 radical (unpaired) electrons. The van der Waals surface area contributed by atoms with Gasteiger partial charge in [-0.25, -0.2) is 4.39 Å². The molecular formula is C30H26FN3O4S2. The monoisotopic (exact) mass is 575 g/mol. The maximum Gasteiger partial charge on any atom is 0.301 e. The second-order valence-electron chi connectivity index (χ2n) is 9.18. The molecule has 204 valence electrons. The Kier molecular flexibility index (Phi) is 8.27. The van der Waals surface area contributed by atoms with Crippen molar-refractivity contribution >= 4 is 45.7 Å². The number of thioether (sulfide) groups is 1. The van der Waals surface area contributed by atoms with E-state index in [9.17, 15) is 19.1 Å². The van der Waals surface area contributed by atoms with Crippen molar-refractivity contribution in [1.29, 1.82) is 0 Å². The van der Waals surface area contributed by atoms with E-state index < -0.39 is 17.7 Å². The first-order valence-corrected chi connectivity index (χ1v) is 14.5. The molecule has 1 fully saturated rings. The van der Waals surface area contributed by atoms with E-state index in [-0.39, 0.29) is 22.3 Å². The Balaban J connectivity index is 1.53. The summed E-state index contributed by atoms with van der Waals surface area (Å²) in [4.78, 5) is 28.1. The van der Waals surface area contributed by atoms with Crippen LogP contribution in [0.25, 0.3) is 5.76 Å². The number of carbonyl (C=O) groups is 2. The van der Waals surface area contributed by atoms with Gasteiger partial charge < -0.3 is 9.84 Å². The van der Waals surface area contributed by atoms with Gasteiger partial charge in [0.1, 0.15) is 17.3 Å². The van der Waals surface area contributed by atoms with Gasteiger partial charge in [0, 0.05) is 11.3 Å². The van der Waals surface area contributed by atoms with Crippen LogP contribution in [0.4, 0.5) is 9.52 Å². The number of Topliss-reactive ketones (excluding diaryl/α,β-unsaturated/α-hetero) is 1. The fourth-order valence-corrected chi connectivity index (χ4v) is 6.15. The zero-order valence-corrected chi connectivity index (χ0v) is 23.5. The molecule has 1 aliphatic heterocycles.